The third-order valence-corrected chi connectivity index (χ3v) is 8.80. The zero-order valence-electron chi connectivity index (χ0n) is 26.9. The number of nitrogens with one attached hydrogen (secondary N) is 1. The molecule has 0 aromatic heterocycles. The van der Waals surface area contributed by atoms with Gasteiger partial charge in [-0.1, -0.05) is 41.9 Å². The number of aliphatic carboxylic acids is 1. The number of nitrogens with zero attached hydrogens (tertiary/aromatic N) is 1. The number of benzene rings is 4. The Morgan fingerprint density at radius 2 is 1.58 bits per heavy atom. The van der Waals surface area contributed by atoms with Crippen LogP contribution in [-0.4, -0.2) is 52.2 Å². The Labute approximate surface area is 282 Å². The molecule has 5 rings (SSSR count). The molecule has 0 bridgehead atoms. The molecule has 1 heterocycles. The van der Waals surface area contributed by atoms with Gasteiger partial charge in [0.25, 0.3) is 5.91 Å². The zero-order chi connectivity index (χ0) is 34.5. The SMILES string of the molecule is CCNC(=O)c1cccc(-c2cccc(COc3cc(OCc4cc(F)cc(F)c4)c(CN4C[C@H](O)C[C@H]4C(=O)O)cc3Cl)c2C)c1C. The molecule has 0 aliphatic carbocycles. The molecular weight excluding hydrogens is 642 g/mol. The molecule has 1 fully saturated rings. The van der Waals surface area contributed by atoms with E-state index in [4.69, 9.17) is 21.1 Å². The molecule has 48 heavy (non-hydrogen) atoms. The summed E-state index contributed by atoms with van der Waals surface area (Å²) in [6.07, 6.45) is -0.723. The van der Waals surface area contributed by atoms with E-state index in [1.807, 2.05) is 51.1 Å². The van der Waals surface area contributed by atoms with Crippen LogP contribution in [0, 0.1) is 25.5 Å². The number of carbonyl (C=O) groups is 2. The van der Waals surface area contributed by atoms with Crippen LogP contribution in [-0.2, 0) is 24.6 Å². The van der Waals surface area contributed by atoms with Gasteiger partial charge in [0.2, 0.25) is 0 Å². The van der Waals surface area contributed by atoms with Gasteiger partial charge in [-0.2, -0.15) is 0 Å². The van der Waals surface area contributed by atoms with Gasteiger partial charge < -0.3 is 25.0 Å². The number of rotatable bonds is 12. The minimum absolute atomic E-state index is 0.0805. The largest absolute Gasteiger partial charge is 0.488 e. The number of carboxylic acids is 1. The van der Waals surface area contributed by atoms with Crippen molar-refractivity contribution in [1.29, 1.82) is 0 Å². The molecule has 0 unspecified atom stereocenters. The number of amides is 1. The van der Waals surface area contributed by atoms with Crippen LogP contribution < -0.4 is 14.8 Å². The summed E-state index contributed by atoms with van der Waals surface area (Å²) in [6, 6.07) is 16.9. The molecule has 1 saturated heterocycles. The average molecular weight is 679 g/mol. The lowest BCUT2D eigenvalue weighted by Crippen LogP contribution is -2.35. The highest BCUT2D eigenvalue weighted by Crippen LogP contribution is 2.37. The number of aliphatic hydroxyl groups is 1. The molecule has 2 atom stereocenters. The predicted octanol–water partition coefficient (Wildman–Crippen LogP) is 6.83. The van der Waals surface area contributed by atoms with E-state index >= 15 is 0 Å². The molecule has 1 aliphatic rings. The topological polar surface area (TPSA) is 108 Å². The quantitative estimate of drug-likeness (QED) is 0.151. The van der Waals surface area contributed by atoms with Gasteiger partial charge in [0, 0.05) is 49.3 Å². The number of carboxylic acid groups (broad SMARTS) is 1. The van der Waals surface area contributed by atoms with E-state index in [1.165, 1.54) is 0 Å². The summed E-state index contributed by atoms with van der Waals surface area (Å²) >= 11 is 6.70. The van der Waals surface area contributed by atoms with Crippen molar-refractivity contribution in [1.82, 2.24) is 10.2 Å². The van der Waals surface area contributed by atoms with Crippen LogP contribution in [0.2, 0.25) is 5.02 Å². The number of hydrogen-bond donors (Lipinski definition) is 3. The van der Waals surface area contributed by atoms with Crippen LogP contribution in [0.3, 0.4) is 0 Å². The summed E-state index contributed by atoms with van der Waals surface area (Å²) in [4.78, 5) is 26.1. The van der Waals surface area contributed by atoms with Crippen LogP contribution in [0.25, 0.3) is 11.1 Å². The summed E-state index contributed by atoms with van der Waals surface area (Å²) in [5, 5.41) is 23.0. The van der Waals surface area contributed by atoms with Crippen molar-refractivity contribution in [3.05, 3.63) is 117 Å². The molecule has 8 nitrogen and oxygen atoms in total. The van der Waals surface area contributed by atoms with E-state index in [2.05, 4.69) is 5.32 Å². The van der Waals surface area contributed by atoms with Crippen molar-refractivity contribution in [2.75, 3.05) is 13.1 Å². The summed E-state index contributed by atoms with van der Waals surface area (Å²) in [6.45, 7) is 6.50. The normalized spacial score (nSPS) is 16.1. The van der Waals surface area contributed by atoms with Crippen LogP contribution in [0.4, 0.5) is 8.78 Å². The molecule has 1 amide bonds. The Kier molecular flexibility index (Phi) is 11.0. The van der Waals surface area contributed by atoms with E-state index in [1.54, 1.807) is 23.1 Å². The Morgan fingerprint density at radius 3 is 2.27 bits per heavy atom. The first kappa shape index (κ1) is 34.8. The van der Waals surface area contributed by atoms with Gasteiger partial charge in [0.05, 0.1) is 11.1 Å². The lowest BCUT2D eigenvalue weighted by atomic mass is 9.91. The highest BCUT2D eigenvalue weighted by molar-refractivity contribution is 6.32. The third-order valence-electron chi connectivity index (χ3n) is 8.51. The Balaban J connectivity index is 1.42. The number of β-amino-alcohol motifs (C(OH)–C–C–N with tert-alkyl or cyclic N) is 1. The minimum atomic E-state index is -1.06. The van der Waals surface area contributed by atoms with Gasteiger partial charge in [-0.05, 0) is 78.4 Å². The molecule has 11 heteroatoms. The Morgan fingerprint density at radius 1 is 0.917 bits per heavy atom. The molecule has 3 N–H and O–H groups in total. The maximum atomic E-state index is 13.9. The molecule has 0 saturated carbocycles. The minimum Gasteiger partial charge on any atom is -0.488 e. The van der Waals surface area contributed by atoms with E-state index < -0.39 is 29.7 Å². The van der Waals surface area contributed by atoms with Crippen LogP contribution in [0.5, 0.6) is 11.5 Å². The monoisotopic (exact) mass is 678 g/mol. The number of aliphatic hydroxyl groups excluding tert-OH is 1. The third kappa shape index (κ3) is 7.95. The van der Waals surface area contributed by atoms with E-state index in [9.17, 15) is 28.6 Å². The molecule has 252 valence electrons. The van der Waals surface area contributed by atoms with Crippen LogP contribution in [0.15, 0.2) is 66.7 Å². The lowest BCUT2D eigenvalue weighted by Gasteiger charge is -2.23. The lowest BCUT2D eigenvalue weighted by molar-refractivity contribution is -0.142. The smallest absolute Gasteiger partial charge is 0.321 e. The highest BCUT2D eigenvalue weighted by atomic mass is 35.5. The summed E-state index contributed by atoms with van der Waals surface area (Å²) < 4.78 is 40.0. The summed E-state index contributed by atoms with van der Waals surface area (Å²) in [7, 11) is 0. The molecular formula is C37H37ClF2N2O6. The standard InChI is InChI=1S/C37H37ClF2N2O6/c1-4-41-36(44)31-10-6-9-30(22(31)3)29-8-5-7-24(21(29)2)20-48-35-16-34(47-19-23-11-26(39)14-27(40)12-23)25(13-32(35)38)17-42-18-28(43)15-33(42)37(45)46/h5-14,16,28,33,43H,4,15,17-20H2,1-3H3,(H,41,44)(H,45,46)/t28-,33+/m1/s1. The van der Waals surface area contributed by atoms with Gasteiger partial charge in [-0.25, -0.2) is 8.78 Å². The van der Waals surface area contributed by atoms with Crippen LogP contribution >= 0.6 is 11.6 Å². The average Bonchev–Trinajstić information content (AvgIpc) is 3.40. The molecule has 4 aromatic rings. The molecule has 4 aromatic carbocycles. The highest BCUT2D eigenvalue weighted by Gasteiger charge is 2.36. The molecule has 0 radical (unpaired) electrons. The second-order valence-corrected chi connectivity index (χ2v) is 12.3. The first-order valence-corrected chi connectivity index (χ1v) is 16.0. The number of hydrogen-bond acceptors (Lipinski definition) is 6. The van der Waals surface area contributed by atoms with E-state index in [0.29, 0.717) is 17.7 Å². The maximum Gasteiger partial charge on any atom is 0.321 e. The van der Waals surface area contributed by atoms with Crippen molar-refractivity contribution in [2.24, 2.45) is 0 Å². The summed E-state index contributed by atoms with van der Waals surface area (Å²) in [5.74, 6) is -2.10. The molecule has 1 aliphatic heterocycles. The first-order chi connectivity index (χ1) is 22.9. The predicted molar refractivity (Wildman–Crippen MR) is 178 cm³/mol. The van der Waals surface area contributed by atoms with Gasteiger partial charge in [-0.15, -0.1) is 0 Å². The maximum absolute atomic E-state index is 13.9. The fraction of sp³-hybridized carbons (Fsp3) is 0.297. The number of likely N-dealkylation sites (tertiary alicyclic amines) is 1. The number of carbonyl (C=O) groups excluding carboxylic acids is 1. The fourth-order valence-electron chi connectivity index (χ4n) is 6.05. The van der Waals surface area contributed by atoms with Crippen molar-refractivity contribution in [3.63, 3.8) is 0 Å². The Hall–Kier alpha value is -4.51. The number of halogens is 3. The fourth-order valence-corrected chi connectivity index (χ4v) is 6.29. The van der Waals surface area contributed by atoms with Gasteiger partial charge in [-0.3, -0.25) is 14.5 Å². The van der Waals surface area contributed by atoms with Crippen molar-refractivity contribution in [2.45, 2.75) is 59.1 Å². The second kappa shape index (κ2) is 15.1. The second-order valence-electron chi connectivity index (χ2n) is 11.8. The Bertz CT molecular complexity index is 1810. The van der Waals surface area contributed by atoms with Gasteiger partial charge >= 0.3 is 5.97 Å². The van der Waals surface area contributed by atoms with E-state index in [-0.39, 0.29) is 60.7 Å². The van der Waals surface area contributed by atoms with Crippen molar-refractivity contribution in [3.8, 4) is 22.6 Å². The van der Waals surface area contributed by atoms with Crippen molar-refractivity contribution >= 4 is 23.5 Å². The number of ether oxygens (including phenoxy) is 2. The van der Waals surface area contributed by atoms with Crippen LogP contribution in [0.1, 0.15) is 51.5 Å². The van der Waals surface area contributed by atoms with Gasteiger partial charge in [0.1, 0.15) is 42.4 Å². The summed E-state index contributed by atoms with van der Waals surface area (Å²) in [5.41, 5.74) is 5.96. The van der Waals surface area contributed by atoms with E-state index in [0.717, 1.165) is 46.0 Å². The van der Waals surface area contributed by atoms with Gasteiger partial charge in [0.15, 0.2) is 0 Å². The first-order valence-electron chi connectivity index (χ1n) is 15.6. The zero-order valence-corrected chi connectivity index (χ0v) is 27.6. The van der Waals surface area contributed by atoms with Crippen molar-refractivity contribution < 1.29 is 38.1 Å². The molecule has 0 spiro atoms.